The number of alkyl halides is 5. The molecule has 0 amide bonds. The molecular weight excluding hydrogens is 272 g/mol. The molecule has 1 unspecified atom stereocenters. The number of ether oxygens (including phenoxy) is 1. The first kappa shape index (κ1) is 13.5. The molecule has 1 nitrogen and oxygen atoms in total. The molecule has 0 aromatic carbocycles. The van der Waals surface area contributed by atoms with Gasteiger partial charge in [-0.3, -0.25) is 0 Å². The average molecular weight is 284 g/mol. The lowest BCUT2D eigenvalue weighted by Gasteiger charge is -2.25. The summed E-state index contributed by atoms with van der Waals surface area (Å²) >= 11 is 8.64. The standard InChI is InChI=1S/C7H11BrClF3O/c1-6(4-8,5-9)13-3-2-7(10,11)12/h2-5H2,1H3. The third-order valence-corrected chi connectivity index (χ3v) is 3.15. The fraction of sp³-hybridized carbons (Fsp3) is 1.00. The fourth-order valence-corrected chi connectivity index (χ4v) is 1.29. The van der Waals surface area contributed by atoms with Crippen LogP contribution < -0.4 is 0 Å². The van der Waals surface area contributed by atoms with E-state index < -0.39 is 18.2 Å². The summed E-state index contributed by atoms with van der Waals surface area (Å²) < 4.78 is 40.1. The van der Waals surface area contributed by atoms with Crippen molar-refractivity contribution in [3.63, 3.8) is 0 Å². The molecule has 0 spiro atoms. The monoisotopic (exact) mass is 282 g/mol. The van der Waals surface area contributed by atoms with E-state index in [1.165, 1.54) is 0 Å². The van der Waals surface area contributed by atoms with Crippen molar-refractivity contribution in [2.24, 2.45) is 0 Å². The van der Waals surface area contributed by atoms with Crippen LogP contribution in [0.15, 0.2) is 0 Å². The van der Waals surface area contributed by atoms with Gasteiger partial charge in [0.15, 0.2) is 0 Å². The molecule has 0 aliphatic rings. The van der Waals surface area contributed by atoms with Crippen LogP contribution in [0.3, 0.4) is 0 Å². The number of hydrogen-bond donors (Lipinski definition) is 0. The van der Waals surface area contributed by atoms with Gasteiger partial charge >= 0.3 is 6.18 Å². The van der Waals surface area contributed by atoms with Crippen LogP contribution >= 0.6 is 27.5 Å². The highest BCUT2D eigenvalue weighted by Crippen LogP contribution is 2.22. The molecule has 0 bridgehead atoms. The molecule has 0 aromatic rings. The fourth-order valence-electron chi connectivity index (χ4n) is 0.526. The maximum absolute atomic E-state index is 11.7. The van der Waals surface area contributed by atoms with Crippen molar-refractivity contribution in [2.75, 3.05) is 17.8 Å². The van der Waals surface area contributed by atoms with E-state index >= 15 is 0 Å². The summed E-state index contributed by atoms with van der Waals surface area (Å²) in [5.74, 6) is 0.163. The summed E-state index contributed by atoms with van der Waals surface area (Å²) in [6.07, 6.45) is -5.11. The smallest absolute Gasteiger partial charge is 0.373 e. The number of hydrogen-bond acceptors (Lipinski definition) is 1. The average Bonchev–Trinajstić information content (AvgIpc) is 2.02. The van der Waals surface area contributed by atoms with Crippen molar-refractivity contribution in [3.05, 3.63) is 0 Å². The Morgan fingerprint density at radius 3 is 2.23 bits per heavy atom. The lowest BCUT2D eigenvalue weighted by atomic mass is 10.2. The van der Waals surface area contributed by atoms with Gasteiger partial charge in [0, 0.05) is 5.33 Å². The SMILES string of the molecule is CC(CCl)(CBr)OCCC(F)(F)F. The van der Waals surface area contributed by atoms with E-state index in [0.29, 0.717) is 5.33 Å². The topological polar surface area (TPSA) is 9.23 Å². The highest BCUT2D eigenvalue weighted by molar-refractivity contribution is 9.09. The summed E-state index contributed by atoms with van der Waals surface area (Å²) in [6.45, 7) is 1.31. The molecule has 80 valence electrons. The van der Waals surface area contributed by atoms with E-state index in [2.05, 4.69) is 15.9 Å². The largest absolute Gasteiger partial charge is 0.391 e. The molecule has 13 heavy (non-hydrogen) atoms. The van der Waals surface area contributed by atoms with E-state index in [4.69, 9.17) is 16.3 Å². The van der Waals surface area contributed by atoms with Crippen LogP contribution in [-0.4, -0.2) is 29.6 Å². The Hall–Kier alpha value is 0.520. The summed E-state index contributed by atoms with van der Waals surface area (Å²) in [5, 5.41) is 0.418. The number of rotatable bonds is 5. The predicted octanol–water partition coefficient (Wildman–Crippen LogP) is 3.35. The van der Waals surface area contributed by atoms with Gasteiger partial charge in [-0.15, -0.1) is 11.6 Å². The van der Waals surface area contributed by atoms with Gasteiger partial charge in [-0.2, -0.15) is 13.2 Å². The lowest BCUT2D eigenvalue weighted by Crippen LogP contribution is -2.34. The Morgan fingerprint density at radius 1 is 1.38 bits per heavy atom. The molecular formula is C7H11BrClF3O. The molecule has 0 fully saturated rings. The molecule has 0 heterocycles. The highest BCUT2D eigenvalue weighted by atomic mass is 79.9. The molecule has 0 aliphatic heterocycles. The van der Waals surface area contributed by atoms with E-state index in [9.17, 15) is 13.2 Å². The van der Waals surface area contributed by atoms with Gasteiger partial charge in [0.05, 0.1) is 24.5 Å². The second kappa shape index (κ2) is 5.41. The molecule has 0 saturated heterocycles. The van der Waals surface area contributed by atoms with Crippen LogP contribution in [0.1, 0.15) is 13.3 Å². The van der Waals surface area contributed by atoms with Gasteiger partial charge in [-0.1, -0.05) is 15.9 Å². The van der Waals surface area contributed by atoms with E-state index in [1.54, 1.807) is 6.92 Å². The van der Waals surface area contributed by atoms with E-state index in [-0.39, 0.29) is 12.5 Å². The summed E-state index contributed by atoms with van der Waals surface area (Å²) in [4.78, 5) is 0. The minimum atomic E-state index is -4.17. The molecule has 0 radical (unpaired) electrons. The van der Waals surface area contributed by atoms with Crippen LogP contribution in [0.5, 0.6) is 0 Å². The lowest BCUT2D eigenvalue weighted by molar-refractivity contribution is -0.153. The van der Waals surface area contributed by atoms with Crippen molar-refractivity contribution in [2.45, 2.75) is 25.1 Å². The van der Waals surface area contributed by atoms with Crippen molar-refractivity contribution in [1.82, 2.24) is 0 Å². The zero-order valence-corrected chi connectivity index (χ0v) is 9.47. The van der Waals surface area contributed by atoms with Crippen LogP contribution in [-0.2, 0) is 4.74 Å². The second-order valence-electron chi connectivity index (χ2n) is 2.93. The van der Waals surface area contributed by atoms with Gasteiger partial charge in [-0.25, -0.2) is 0 Å². The maximum atomic E-state index is 11.7. The molecule has 1 atom stereocenters. The van der Waals surface area contributed by atoms with Gasteiger partial charge in [-0.05, 0) is 6.92 Å². The van der Waals surface area contributed by atoms with Gasteiger partial charge < -0.3 is 4.74 Å². The third kappa shape index (κ3) is 6.57. The zero-order chi connectivity index (χ0) is 10.5. The van der Waals surface area contributed by atoms with Crippen molar-refractivity contribution < 1.29 is 17.9 Å². The third-order valence-electron chi connectivity index (χ3n) is 1.40. The minimum absolute atomic E-state index is 0.163. The molecule has 0 N–H and O–H groups in total. The van der Waals surface area contributed by atoms with Gasteiger partial charge in [0.2, 0.25) is 0 Å². The van der Waals surface area contributed by atoms with Crippen molar-refractivity contribution in [1.29, 1.82) is 0 Å². The molecule has 0 saturated carbocycles. The Balaban J connectivity index is 3.74. The Morgan fingerprint density at radius 2 is 1.92 bits per heavy atom. The normalized spacial score (nSPS) is 17.1. The second-order valence-corrected chi connectivity index (χ2v) is 3.76. The zero-order valence-electron chi connectivity index (χ0n) is 7.13. The summed E-state index contributed by atoms with van der Waals surface area (Å²) in [5.41, 5.74) is -0.715. The van der Waals surface area contributed by atoms with E-state index in [1.807, 2.05) is 0 Å². The number of halogens is 5. The van der Waals surface area contributed by atoms with Crippen LogP contribution in [0.25, 0.3) is 0 Å². The molecule has 6 heteroatoms. The van der Waals surface area contributed by atoms with Gasteiger partial charge in [0.1, 0.15) is 0 Å². The first-order valence-electron chi connectivity index (χ1n) is 3.65. The van der Waals surface area contributed by atoms with Gasteiger partial charge in [0.25, 0.3) is 0 Å². The molecule has 0 rings (SSSR count). The molecule has 0 aliphatic carbocycles. The summed E-state index contributed by atoms with van der Waals surface area (Å²) in [6, 6.07) is 0. The Kier molecular flexibility index (Phi) is 5.63. The van der Waals surface area contributed by atoms with Crippen molar-refractivity contribution >= 4 is 27.5 Å². The first-order valence-corrected chi connectivity index (χ1v) is 5.31. The Bertz CT molecular complexity index is 147. The van der Waals surface area contributed by atoms with Crippen LogP contribution in [0.2, 0.25) is 0 Å². The van der Waals surface area contributed by atoms with Crippen LogP contribution in [0, 0.1) is 0 Å². The summed E-state index contributed by atoms with van der Waals surface area (Å²) in [7, 11) is 0. The first-order chi connectivity index (χ1) is 5.83. The quantitative estimate of drug-likeness (QED) is 0.703. The maximum Gasteiger partial charge on any atom is 0.391 e. The Labute approximate surface area is 88.7 Å². The predicted molar refractivity (Wildman–Crippen MR) is 49.5 cm³/mol. The van der Waals surface area contributed by atoms with E-state index in [0.717, 1.165) is 0 Å². The molecule has 0 aromatic heterocycles. The van der Waals surface area contributed by atoms with Crippen molar-refractivity contribution in [3.8, 4) is 0 Å². The minimum Gasteiger partial charge on any atom is -0.373 e. The van der Waals surface area contributed by atoms with Crippen LogP contribution in [0.4, 0.5) is 13.2 Å². The highest BCUT2D eigenvalue weighted by Gasteiger charge is 2.29.